The molecule has 2 heterocycles. The number of nitriles is 1. The number of aryl methyl sites for hydroxylation is 1. The van der Waals surface area contributed by atoms with E-state index in [0.717, 1.165) is 28.2 Å². The Kier molecular flexibility index (Phi) is 3.59. The molecular formula is C16H11Cl2N3. The van der Waals surface area contributed by atoms with Crippen LogP contribution in [0.15, 0.2) is 36.5 Å². The van der Waals surface area contributed by atoms with Crippen molar-refractivity contribution in [1.82, 2.24) is 9.38 Å². The Hall–Kier alpha value is -2.02. The van der Waals surface area contributed by atoms with Crippen LogP contribution in [-0.4, -0.2) is 9.38 Å². The van der Waals surface area contributed by atoms with Crippen molar-refractivity contribution < 1.29 is 0 Å². The van der Waals surface area contributed by atoms with Gasteiger partial charge in [0.2, 0.25) is 0 Å². The maximum absolute atomic E-state index is 9.11. The molecule has 0 bridgehead atoms. The summed E-state index contributed by atoms with van der Waals surface area (Å²) in [5, 5.41) is 10.2. The van der Waals surface area contributed by atoms with Crippen LogP contribution in [0.4, 0.5) is 0 Å². The van der Waals surface area contributed by atoms with E-state index in [1.54, 1.807) is 12.1 Å². The zero-order chi connectivity index (χ0) is 15.0. The zero-order valence-electron chi connectivity index (χ0n) is 11.3. The van der Waals surface area contributed by atoms with Gasteiger partial charge in [-0.25, -0.2) is 4.98 Å². The van der Waals surface area contributed by atoms with Crippen LogP contribution in [0.25, 0.3) is 16.9 Å². The molecule has 104 valence electrons. The lowest BCUT2D eigenvalue weighted by Crippen LogP contribution is -1.94. The summed E-state index contributed by atoms with van der Waals surface area (Å²) < 4.78 is 1.94. The lowest BCUT2D eigenvalue weighted by molar-refractivity contribution is 1.04. The monoisotopic (exact) mass is 315 g/mol. The first-order valence-electron chi connectivity index (χ1n) is 6.40. The lowest BCUT2D eigenvalue weighted by Gasteiger charge is -2.04. The van der Waals surface area contributed by atoms with Gasteiger partial charge in [-0.1, -0.05) is 29.3 Å². The van der Waals surface area contributed by atoms with Gasteiger partial charge >= 0.3 is 0 Å². The molecule has 3 nitrogen and oxygen atoms in total. The van der Waals surface area contributed by atoms with Crippen molar-refractivity contribution in [3.05, 3.63) is 57.8 Å². The van der Waals surface area contributed by atoms with Crippen LogP contribution in [-0.2, 0) is 6.42 Å². The van der Waals surface area contributed by atoms with Gasteiger partial charge < -0.3 is 4.40 Å². The number of rotatable bonds is 2. The molecule has 0 saturated carbocycles. The van der Waals surface area contributed by atoms with Crippen LogP contribution in [0.1, 0.15) is 11.3 Å². The van der Waals surface area contributed by atoms with E-state index in [1.807, 2.05) is 35.7 Å². The van der Waals surface area contributed by atoms with E-state index in [1.165, 1.54) is 0 Å². The second kappa shape index (κ2) is 5.40. The Labute approximate surface area is 132 Å². The number of hydrogen-bond acceptors (Lipinski definition) is 2. The van der Waals surface area contributed by atoms with Crippen LogP contribution < -0.4 is 0 Å². The second-order valence-electron chi connectivity index (χ2n) is 4.80. The van der Waals surface area contributed by atoms with Gasteiger partial charge in [-0.05, 0) is 36.8 Å². The summed E-state index contributed by atoms with van der Waals surface area (Å²) in [4.78, 5) is 4.62. The normalized spacial score (nSPS) is 10.8. The molecule has 0 amide bonds. The van der Waals surface area contributed by atoms with Crippen LogP contribution in [0, 0.1) is 18.3 Å². The van der Waals surface area contributed by atoms with E-state index >= 15 is 0 Å². The molecule has 0 spiro atoms. The molecule has 3 rings (SSSR count). The van der Waals surface area contributed by atoms with Gasteiger partial charge in [-0.15, -0.1) is 0 Å². The number of fused-ring (bicyclic) bond motifs is 1. The molecule has 2 aromatic heterocycles. The molecule has 0 N–H and O–H groups in total. The van der Waals surface area contributed by atoms with Crippen molar-refractivity contribution in [3.8, 4) is 17.3 Å². The Bertz CT molecular complexity index is 875. The van der Waals surface area contributed by atoms with Gasteiger partial charge in [-0.3, -0.25) is 0 Å². The maximum Gasteiger partial charge on any atom is 0.137 e. The van der Waals surface area contributed by atoms with E-state index in [2.05, 4.69) is 11.1 Å². The van der Waals surface area contributed by atoms with Crippen LogP contribution in [0.5, 0.6) is 0 Å². The van der Waals surface area contributed by atoms with Crippen LogP contribution in [0.2, 0.25) is 10.0 Å². The average molecular weight is 316 g/mol. The zero-order valence-corrected chi connectivity index (χ0v) is 12.8. The molecule has 0 aliphatic rings. The minimum Gasteiger partial charge on any atom is -0.302 e. The van der Waals surface area contributed by atoms with Gasteiger partial charge in [0.1, 0.15) is 5.65 Å². The van der Waals surface area contributed by atoms with Crippen molar-refractivity contribution in [2.45, 2.75) is 13.3 Å². The fourth-order valence-corrected chi connectivity index (χ4v) is 2.84. The van der Waals surface area contributed by atoms with Gasteiger partial charge in [0.15, 0.2) is 0 Å². The highest BCUT2D eigenvalue weighted by Gasteiger charge is 2.16. The number of imidazole rings is 1. The highest BCUT2D eigenvalue weighted by Crippen LogP contribution is 2.32. The summed E-state index contributed by atoms with van der Waals surface area (Å²) in [7, 11) is 0. The smallest absolute Gasteiger partial charge is 0.137 e. The van der Waals surface area contributed by atoms with Crippen molar-refractivity contribution in [3.63, 3.8) is 0 Å². The van der Waals surface area contributed by atoms with E-state index in [9.17, 15) is 0 Å². The highest BCUT2D eigenvalue weighted by molar-refractivity contribution is 6.36. The van der Waals surface area contributed by atoms with E-state index in [0.29, 0.717) is 10.0 Å². The summed E-state index contributed by atoms with van der Waals surface area (Å²) in [6, 6.07) is 11.4. The quantitative estimate of drug-likeness (QED) is 0.688. The van der Waals surface area contributed by atoms with Gasteiger partial charge in [0.05, 0.1) is 28.9 Å². The average Bonchev–Trinajstić information content (AvgIpc) is 2.78. The Morgan fingerprint density at radius 2 is 2.05 bits per heavy atom. The van der Waals surface area contributed by atoms with Crippen LogP contribution in [0.3, 0.4) is 0 Å². The number of aromatic nitrogens is 2. The molecular weight excluding hydrogens is 305 g/mol. The minimum absolute atomic E-state index is 0.263. The molecule has 3 aromatic rings. The molecule has 0 aliphatic heterocycles. The number of nitrogens with zero attached hydrogens (tertiary/aromatic N) is 3. The van der Waals surface area contributed by atoms with E-state index in [4.69, 9.17) is 28.5 Å². The molecule has 21 heavy (non-hydrogen) atoms. The Morgan fingerprint density at radius 1 is 1.24 bits per heavy atom. The third-order valence-electron chi connectivity index (χ3n) is 3.30. The summed E-state index contributed by atoms with van der Waals surface area (Å²) in [6.45, 7) is 2.00. The second-order valence-corrected chi connectivity index (χ2v) is 5.64. The summed E-state index contributed by atoms with van der Waals surface area (Å²) >= 11 is 12.2. The molecule has 0 aliphatic carbocycles. The third kappa shape index (κ3) is 2.49. The highest BCUT2D eigenvalue weighted by atomic mass is 35.5. The van der Waals surface area contributed by atoms with Gasteiger partial charge in [-0.2, -0.15) is 5.26 Å². The van der Waals surface area contributed by atoms with Gasteiger partial charge in [0, 0.05) is 16.8 Å². The first-order valence-corrected chi connectivity index (χ1v) is 7.15. The molecule has 1 aromatic carbocycles. The first kappa shape index (κ1) is 13.9. The predicted molar refractivity (Wildman–Crippen MR) is 84.7 cm³/mol. The fourth-order valence-electron chi connectivity index (χ4n) is 2.34. The summed E-state index contributed by atoms with van der Waals surface area (Å²) in [5.74, 6) is 0. The molecule has 0 radical (unpaired) electrons. The fraction of sp³-hybridized carbons (Fsp3) is 0.125. The first-order chi connectivity index (χ1) is 10.1. The summed E-state index contributed by atoms with van der Waals surface area (Å²) in [6.07, 6.45) is 2.24. The lowest BCUT2D eigenvalue weighted by atomic mass is 10.1. The van der Waals surface area contributed by atoms with Crippen molar-refractivity contribution in [1.29, 1.82) is 5.26 Å². The number of hydrogen-bond donors (Lipinski definition) is 0. The molecule has 0 atom stereocenters. The molecule has 5 heteroatoms. The van der Waals surface area contributed by atoms with Crippen molar-refractivity contribution in [2.75, 3.05) is 0 Å². The van der Waals surface area contributed by atoms with Crippen LogP contribution >= 0.6 is 23.2 Å². The topological polar surface area (TPSA) is 41.1 Å². The maximum atomic E-state index is 9.11. The third-order valence-corrected chi connectivity index (χ3v) is 3.85. The van der Waals surface area contributed by atoms with E-state index < -0.39 is 0 Å². The Balaban J connectivity index is 2.31. The number of halogens is 2. The molecule has 0 unspecified atom stereocenters. The van der Waals surface area contributed by atoms with Crippen molar-refractivity contribution in [2.24, 2.45) is 0 Å². The van der Waals surface area contributed by atoms with Crippen molar-refractivity contribution >= 4 is 28.8 Å². The minimum atomic E-state index is 0.263. The largest absolute Gasteiger partial charge is 0.302 e. The SMILES string of the molecule is Cc1ccc2nc(-c3ccc(Cl)cc3Cl)c(CC#N)n2c1. The molecule has 0 fully saturated rings. The number of benzene rings is 1. The van der Waals surface area contributed by atoms with Gasteiger partial charge in [0.25, 0.3) is 0 Å². The summed E-state index contributed by atoms with van der Waals surface area (Å²) in [5.41, 5.74) is 4.25. The predicted octanol–water partition coefficient (Wildman–Crippen LogP) is 4.68. The Morgan fingerprint density at radius 3 is 2.76 bits per heavy atom. The standard InChI is InChI=1S/C16H11Cl2N3/c1-10-2-5-15-20-16(14(6-7-19)21(15)9-10)12-4-3-11(17)8-13(12)18/h2-5,8-9H,6H2,1H3. The molecule has 0 saturated heterocycles. The van der Waals surface area contributed by atoms with E-state index in [-0.39, 0.29) is 6.42 Å². The number of pyridine rings is 1.